The van der Waals surface area contributed by atoms with Crippen molar-refractivity contribution in [2.24, 2.45) is 0 Å². The number of alkyl halides is 3. The van der Waals surface area contributed by atoms with Gasteiger partial charge in [-0.15, -0.1) is 11.8 Å². The second kappa shape index (κ2) is 6.76. The Hall–Kier alpha value is -0.880. The van der Waals surface area contributed by atoms with E-state index in [0.717, 1.165) is 10.6 Å². The van der Waals surface area contributed by atoms with Crippen molar-refractivity contribution in [2.75, 3.05) is 24.7 Å². The van der Waals surface area contributed by atoms with Gasteiger partial charge in [-0.25, -0.2) is 0 Å². The van der Waals surface area contributed by atoms with Crippen LogP contribution in [0.1, 0.15) is 6.42 Å². The number of benzene rings is 1. The second-order valence-electron chi connectivity index (χ2n) is 3.44. The maximum absolute atomic E-state index is 11.7. The van der Waals surface area contributed by atoms with Crippen LogP contribution >= 0.6 is 11.8 Å². The van der Waals surface area contributed by atoms with E-state index in [-0.39, 0.29) is 6.61 Å². The van der Waals surface area contributed by atoms with E-state index in [1.165, 1.54) is 0 Å². The number of rotatable bonds is 6. The molecule has 2 N–H and O–H groups in total. The first-order valence-corrected chi connectivity index (χ1v) is 6.09. The standard InChI is InChI=1S/C11H14F3NOS/c12-11(13,14)8-16-6-1-7-17-10-4-2-9(15)3-5-10/h2-5H,1,6-8,15H2. The molecule has 0 saturated carbocycles. The lowest BCUT2D eigenvalue weighted by Crippen LogP contribution is -2.17. The third kappa shape index (κ3) is 7.12. The summed E-state index contributed by atoms with van der Waals surface area (Å²) in [5.41, 5.74) is 6.22. The largest absolute Gasteiger partial charge is 0.411 e. The summed E-state index contributed by atoms with van der Waals surface area (Å²) in [6.45, 7) is -1.04. The van der Waals surface area contributed by atoms with Gasteiger partial charge in [-0.3, -0.25) is 0 Å². The zero-order chi connectivity index (χ0) is 12.7. The molecule has 1 aromatic carbocycles. The van der Waals surface area contributed by atoms with Gasteiger partial charge in [0.1, 0.15) is 6.61 Å². The predicted molar refractivity (Wildman–Crippen MR) is 63.1 cm³/mol. The average molecular weight is 265 g/mol. The number of anilines is 1. The van der Waals surface area contributed by atoms with Crippen LogP contribution < -0.4 is 5.73 Å². The lowest BCUT2D eigenvalue weighted by Gasteiger charge is -2.07. The maximum Gasteiger partial charge on any atom is 0.411 e. The first-order chi connectivity index (χ1) is 7.97. The van der Waals surface area contributed by atoms with Crippen LogP contribution in [0.5, 0.6) is 0 Å². The summed E-state index contributed by atoms with van der Waals surface area (Å²) in [5.74, 6) is 0.724. The molecule has 1 rings (SSSR count). The van der Waals surface area contributed by atoms with Crippen LogP contribution in [0, 0.1) is 0 Å². The van der Waals surface area contributed by atoms with Crippen molar-refractivity contribution >= 4 is 17.4 Å². The molecule has 0 saturated heterocycles. The maximum atomic E-state index is 11.7. The fourth-order valence-electron chi connectivity index (χ4n) is 1.10. The van der Waals surface area contributed by atoms with E-state index in [1.807, 2.05) is 12.1 Å². The van der Waals surface area contributed by atoms with Crippen molar-refractivity contribution in [2.45, 2.75) is 17.5 Å². The summed E-state index contributed by atoms with van der Waals surface area (Å²) in [5, 5.41) is 0. The summed E-state index contributed by atoms with van der Waals surface area (Å²) in [4.78, 5) is 1.05. The second-order valence-corrected chi connectivity index (χ2v) is 4.61. The quantitative estimate of drug-likeness (QED) is 0.487. The minimum absolute atomic E-state index is 0.126. The summed E-state index contributed by atoms with van der Waals surface area (Å²) in [7, 11) is 0. The Labute approximate surface area is 102 Å². The Morgan fingerprint density at radius 1 is 1.18 bits per heavy atom. The van der Waals surface area contributed by atoms with E-state index in [2.05, 4.69) is 4.74 Å². The van der Waals surface area contributed by atoms with Crippen molar-refractivity contribution in [3.63, 3.8) is 0 Å². The van der Waals surface area contributed by atoms with Gasteiger partial charge in [0.05, 0.1) is 0 Å². The van der Waals surface area contributed by atoms with Crippen LogP contribution in [-0.4, -0.2) is 25.1 Å². The Balaban J connectivity index is 2.07. The molecule has 0 aromatic heterocycles. The third-order valence-electron chi connectivity index (χ3n) is 1.85. The molecular weight excluding hydrogens is 251 g/mol. The summed E-state index contributed by atoms with van der Waals surface area (Å²) < 4.78 is 39.7. The number of hydrogen-bond donors (Lipinski definition) is 1. The van der Waals surface area contributed by atoms with Gasteiger partial charge < -0.3 is 10.5 Å². The first kappa shape index (κ1) is 14.2. The molecule has 0 atom stereocenters. The van der Waals surface area contributed by atoms with Gasteiger partial charge in [-0.2, -0.15) is 13.2 Å². The molecule has 0 unspecified atom stereocenters. The van der Waals surface area contributed by atoms with Gasteiger partial charge in [0.25, 0.3) is 0 Å². The Morgan fingerprint density at radius 3 is 2.41 bits per heavy atom. The number of thioether (sulfide) groups is 1. The van der Waals surface area contributed by atoms with E-state index < -0.39 is 12.8 Å². The summed E-state index contributed by atoms with van der Waals surface area (Å²) >= 11 is 1.57. The Morgan fingerprint density at radius 2 is 1.82 bits per heavy atom. The van der Waals surface area contributed by atoms with Crippen molar-refractivity contribution in [1.82, 2.24) is 0 Å². The zero-order valence-electron chi connectivity index (χ0n) is 9.17. The van der Waals surface area contributed by atoms with E-state index in [1.54, 1.807) is 23.9 Å². The molecule has 0 aliphatic rings. The van der Waals surface area contributed by atoms with Crippen LogP contribution in [0.25, 0.3) is 0 Å². The molecule has 0 amide bonds. The molecule has 6 heteroatoms. The monoisotopic (exact) mass is 265 g/mol. The normalized spacial score (nSPS) is 11.7. The highest BCUT2D eigenvalue weighted by Crippen LogP contribution is 2.20. The minimum Gasteiger partial charge on any atom is -0.399 e. The van der Waals surface area contributed by atoms with Crippen LogP contribution in [0.15, 0.2) is 29.2 Å². The number of halogens is 3. The molecule has 17 heavy (non-hydrogen) atoms. The van der Waals surface area contributed by atoms with Crippen molar-refractivity contribution in [1.29, 1.82) is 0 Å². The SMILES string of the molecule is Nc1ccc(SCCCOCC(F)(F)F)cc1. The van der Waals surface area contributed by atoms with Crippen molar-refractivity contribution in [3.8, 4) is 0 Å². The van der Waals surface area contributed by atoms with Crippen molar-refractivity contribution in [3.05, 3.63) is 24.3 Å². The Kier molecular flexibility index (Phi) is 5.64. The third-order valence-corrected chi connectivity index (χ3v) is 2.95. The van der Waals surface area contributed by atoms with Gasteiger partial charge >= 0.3 is 6.18 Å². The highest BCUT2D eigenvalue weighted by molar-refractivity contribution is 7.99. The fraction of sp³-hybridized carbons (Fsp3) is 0.455. The highest BCUT2D eigenvalue weighted by Gasteiger charge is 2.27. The van der Waals surface area contributed by atoms with Crippen LogP contribution in [0.4, 0.5) is 18.9 Å². The molecule has 0 bridgehead atoms. The topological polar surface area (TPSA) is 35.2 Å². The molecule has 0 fully saturated rings. The van der Waals surface area contributed by atoms with E-state index in [9.17, 15) is 13.2 Å². The molecule has 2 nitrogen and oxygen atoms in total. The molecule has 0 spiro atoms. The molecule has 1 aromatic rings. The van der Waals surface area contributed by atoms with E-state index >= 15 is 0 Å². The van der Waals surface area contributed by atoms with Crippen LogP contribution in [0.3, 0.4) is 0 Å². The fourth-order valence-corrected chi connectivity index (χ4v) is 1.93. The minimum atomic E-state index is -4.23. The van der Waals surface area contributed by atoms with Gasteiger partial charge in [0.2, 0.25) is 0 Å². The van der Waals surface area contributed by atoms with Gasteiger partial charge in [-0.1, -0.05) is 0 Å². The number of hydrogen-bond acceptors (Lipinski definition) is 3. The smallest absolute Gasteiger partial charge is 0.399 e. The molecule has 0 aliphatic heterocycles. The highest BCUT2D eigenvalue weighted by atomic mass is 32.2. The van der Waals surface area contributed by atoms with E-state index in [0.29, 0.717) is 12.1 Å². The molecule has 0 radical (unpaired) electrons. The summed E-state index contributed by atoms with van der Waals surface area (Å²) in [6.07, 6.45) is -3.64. The number of nitrogens with two attached hydrogens (primary N) is 1. The van der Waals surface area contributed by atoms with Gasteiger partial charge in [-0.05, 0) is 30.7 Å². The molecule has 96 valence electrons. The van der Waals surface area contributed by atoms with Crippen LogP contribution in [-0.2, 0) is 4.74 Å². The molecule has 0 heterocycles. The number of ether oxygens (including phenoxy) is 1. The Bertz CT molecular complexity index is 326. The first-order valence-electron chi connectivity index (χ1n) is 5.10. The van der Waals surface area contributed by atoms with Gasteiger partial charge in [0, 0.05) is 22.9 Å². The van der Waals surface area contributed by atoms with Crippen LogP contribution in [0.2, 0.25) is 0 Å². The van der Waals surface area contributed by atoms with E-state index in [4.69, 9.17) is 5.73 Å². The lowest BCUT2D eigenvalue weighted by molar-refractivity contribution is -0.173. The summed E-state index contributed by atoms with van der Waals surface area (Å²) in [6, 6.07) is 7.36. The van der Waals surface area contributed by atoms with Crippen molar-refractivity contribution < 1.29 is 17.9 Å². The molecular formula is C11H14F3NOS. The zero-order valence-corrected chi connectivity index (χ0v) is 9.98. The lowest BCUT2D eigenvalue weighted by atomic mass is 10.3. The predicted octanol–water partition coefficient (Wildman–Crippen LogP) is 3.33. The average Bonchev–Trinajstić information content (AvgIpc) is 2.24. The molecule has 0 aliphatic carbocycles. The van der Waals surface area contributed by atoms with Gasteiger partial charge in [0.15, 0.2) is 0 Å². The number of nitrogen functional groups attached to an aromatic ring is 1.